The lowest BCUT2D eigenvalue weighted by molar-refractivity contribution is -0.195. The van der Waals surface area contributed by atoms with Crippen LogP contribution in [0, 0.1) is 6.92 Å². The maximum atomic E-state index is 13.2. The van der Waals surface area contributed by atoms with Gasteiger partial charge in [-0.15, -0.1) is 0 Å². The minimum Gasteiger partial charge on any atom is -0.491 e. The second-order valence-electron chi connectivity index (χ2n) is 10.1. The summed E-state index contributed by atoms with van der Waals surface area (Å²) in [5, 5.41) is 0. The van der Waals surface area contributed by atoms with Gasteiger partial charge in [-0.1, -0.05) is 0 Å². The number of methoxy groups -OCH3 is 1. The van der Waals surface area contributed by atoms with Crippen LogP contribution in [-0.4, -0.2) is 92.7 Å². The molecule has 1 unspecified atom stereocenters. The summed E-state index contributed by atoms with van der Waals surface area (Å²) >= 11 is 0. The predicted octanol–water partition coefficient (Wildman–Crippen LogP) is 3.28. The quantitative estimate of drug-likeness (QED) is 0.649. The van der Waals surface area contributed by atoms with Crippen LogP contribution in [0.4, 0.5) is 0 Å². The second-order valence-corrected chi connectivity index (χ2v) is 10.1. The molecule has 3 aliphatic rings. The van der Waals surface area contributed by atoms with Crippen LogP contribution in [0.25, 0.3) is 0 Å². The Balaban J connectivity index is 1.40. The van der Waals surface area contributed by atoms with Gasteiger partial charge in [0, 0.05) is 58.1 Å². The van der Waals surface area contributed by atoms with E-state index in [4.69, 9.17) is 18.9 Å². The first kappa shape index (κ1) is 24.5. The van der Waals surface area contributed by atoms with Crippen LogP contribution in [0.15, 0.2) is 18.2 Å². The summed E-state index contributed by atoms with van der Waals surface area (Å²) in [6.07, 6.45) is 4.05. The highest BCUT2D eigenvalue weighted by Gasteiger charge is 2.45. The molecule has 33 heavy (non-hydrogen) atoms. The van der Waals surface area contributed by atoms with E-state index >= 15 is 0 Å². The maximum Gasteiger partial charge on any atom is 0.253 e. The number of amides is 1. The molecule has 0 bridgehead atoms. The smallest absolute Gasteiger partial charge is 0.253 e. The average molecular weight is 461 g/mol. The summed E-state index contributed by atoms with van der Waals surface area (Å²) in [4.78, 5) is 17.8. The molecule has 1 spiro atoms. The highest BCUT2D eigenvalue weighted by atomic mass is 16.5. The zero-order valence-electron chi connectivity index (χ0n) is 20.7. The van der Waals surface area contributed by atoms with Gasteiger partial charge in [-0.3, -0.25) is 9.69 Å². The summed E-state index contributed by atoms with van der Waals surface area (Å²) in [5.41, 5.74) is 1.51. The van der Waals surface area contributed by atoms with Crippen LogP contribution in [0.1, 0.15) is 55.5 Å². The summed E-state index contributed by atoms with van der Waals surface area (Å²) in [5.74, 6) is 0.932. The van der Waals surface area contributed by atoms with Crippen molar-refractivity contribution in [3.63, 3.8) is 0 Å². The third-order valence-electron chi connectivity index (χ3n) is 7.15. The number of benzene rings is 1. The molecule has 0 radical (unpaired) electrons. The molecule has 0 aliphatic carbocycles. The van der Waals surface area contributed by atoms with Crippen LogP contribution >= 0.6 is 0 Å². The number of piperidine rings is 1. The van der Waals surface area contributed by atoms with Gasteiger partial charge in [-0.05, 0) is 70.2 Å². The fraction of sp³-hybridized carbons (Fsp3) is 0.731. The molecule has 4 rings (SSSR count). The number of carbonyl (C=O) groups is 1. The molecule has 1 aromatic carbocycles. The fourth-order valence-electron chi connectivity index (χ4n) is 5.47. The van der Waals surface area contributed by atoms with Crippen molar-refractivity contribution in [2.24, 2.45) is 0 Å². The molecular formula is C26H40N2O5. The molecule has 3 heterocycles. The first-order chi connectivity index (χ1) is 15.9. The molecule has 0 saturated carbocycles. The Morgan fingerprint density at radius 1 is 1.21 bits per heavy atom. The third-order valence-corrected chi connectivity index (χ3v) is 7.15. The van der Waals surface area contributed by atoms with Gasteiger partial charge in [0.1, 0.15) is 5.75 Å². The minimum absolute atomic E-state index is 0.0741. The van der Waals surface area contributed by atoms with Gasteiger partial charge < -0.3 is 23.8 Å². The van der Waals surface area contributed by atoms with E-state index in [1.54, 1.807) is 7.11 Å². The molecule has 1 aromatic rings. The van der Waals surface area contributed by atoms with Crippen LogP contribution in [-0.2, 0) is 14.2 Å². The number of aryl methyl sites for hydroxylation is 1. The van der Waals surface area contributed by atoms with Gasteiger partial charge in [-0.2, -0.15) is 0 Å². The Bertz CT molecular complexity index is 800. The van der Waals surface area contributed by atoms with Gasteiger partial charge >= 0.3 is 0 Å². The first-order valence-electron chi connectivity index (χ1n) is 12.4. The molecule has 184 valence electrons. The van der Waals surface area contributed by atoms with E-state index in [-0.39, 0.29) is 23.7 Å². The summed E-state index contributed by atoms with van der Waals surface area (Å²) in [6, 6.07) is 6.30. The van der Waals surface area contributed by atoms with Crippen molar-refractivity contribution < 1.29 is 23.7 Å². The number of morpholine rings is 1. The van der Waals surface area contributed by atoms with Crippen molar-refractivity contribution in [1.29, 1.82) is 0 Å². The molecule has 3 fully saturated rings. The van der Waals surface area contributed by atoms with Crippen molar-refractivity contribution in [3.8, 4) is 5.75 Å². The number of ether oxygens (including phenoxy) is 4. The van der Waals surface area contributed by atoms with Gasteiger partial charge in [0.25, 0.3) is 5.91 Å². The van der Waals surface area contributed by atoms with E-state index in [1.807, 2.05) is 43.9 Å². The van der Waals surface area contributed by atoms with E-state index < -0.39 is 0 Å². The van der Waals surface area contributed by atoms with Crippen molar-refractivity contribution in [3.05, 3.63) is 29.3 Å². The van der Waals surface area contributed by atoms with E-state index in [2.05, 4.69) is 4.90 Å². The van der Waals surface area contributed by atoms with E-state index in [0.717, 1.165) is 68.9 Å². The Hall–Kier alpha value is -1.67. The normalized spacial score (nSPS) is 24.4. The number of nitrogens with zero attached hydrogens (tertiary/aromatic N) is 2. The molecule has 7 heteroatoms. The van der Waals surface area contributed by atoms with Crippen LogP contribution in [0.3, 0.4) is 0 Å². The number of likely N-dealkylation sites (tertiary alicyclic amines) is 1. The SMILES string of the molecule is COCC1CN(C2CCOCC2)CC2(CCN(C(=O)c3ccc(OC(C)C)c(C)c3)CC2)O1. The number of hydrogen-bond acceptors (Lipinski definition) is 6. The Kier molecular flexibility index (Phi) is 7.95. The number of rotatable bonds is 6. The zero-order chi connectivity index (χ0) is 23.4. The lowest BCUT2D eigenvalue weighted by atomic mass is 9.87. The van der Waals surface area contributed by atoms with Crippen molar-refractivity contribution >= 4 is 5.91 Å². The second kappa shape index (κ2) is 10.7. The fourth-order valence-corrected chi connectivity index (χ4v) is 5.47. The largest absolute Gasteiger partial charge is 0.491 e. The first-order valence-corrected chi connectivity index (χ1v) is 12.4. The highest BCUT2D eigenvalue weighted by Crippen LogP contribution is 2.35. The van der Waals surface area contributed by atoms with Gasteiger partial charge in [0.05, 0.1) is 24.4 Å². The third kappa shape index (κ3) is 5.88. The summed E-state index contributed by atoms with van der Waals surface area (Å²) in [7, 11) is 1.74. The van der Waals surface area contributed by atoms with Crippen LogP contribution < -0.4 is 4.74 Å². The van der Waals surface area contributed by atoms with Gasteiger partial charge in [-0.25, -0.2) is 0 Å². The van der Waals surface area contributed by atoms with Gasteiger partial charge in [0.15, 0.2) is 0 Å². The topological polar surface area (TPSA) is 60.5 Å². The monoisotopic (exact) mass is 460 g/mol. The Morgan fingerprint density at radius 3 is 2.58 bits per heavy atom. The van der Waals surface area contributed by atoms with E-state index in [1.165, 1.54) is 0 Å². The number of carbonyl (C=O) groups excluding carboxylic acids is 1. The van der Waals surface area contributed by atoms with Crippen molar-refractivity contribution in [2.75, 3.05) is 53.1 Å². The Morgan fingerprint density at radius 2 is 1.94 bits per heavy atom. The summed E-state index contributed by atoms with van der Waals surface area (Å²) in [6.45, 7) is 11.6. The highest BCUT2D eigenvalue weighted by molar-refractivity contribution is 5.94. The summed E-state index contributed by atoms with van der Waals surface area (Å²) < 4.78 is 23.5. The van der Waals surface area contributed by atoms with E-state index in [0.29, 0.717) is 25.7 Å². The number of hydrogen-bond donors (Lipinski definition) is 0. The molecule has 1 atom stereocenters. The predicted molar refractivity (Wildman–Crippen MR) is 127 cm³/mol. The van der Waals surface area contributed by atoms with Gasteiger partial charge in [0.2, 0.25) is 0 Å². The molecule has 3 aliphatic heterocycles. The van der Waals surface area contributed by atoms with Crippen molar-refractivity contribution in [1.82, 2.24) is 9.80 Å². The average Bonchev–Trinajstić information content (AvgIpc) is 2.81. The Labute approximate surface area is 198 Å². The lowest BCUT2D eigenvalue weighted by Gasteiger charge is -2.52. The molecule has 0 N–H and O–H groups in total. The molecule has 3 saturated heterocycles. The molecule has 1 amide bonds. The van der Waals surface area contributed by atoms with E-state index in [9.17, 15) is 4.79 Å². The lowest BCUT2D eigenvalue weighted by Crippen LogP contribution is -2.63. The molecule has 0 aromatic heterocycles. The standard InChI is InChI=1S/C26H40N2O5/c1-19(2)32-24-6-5-21(15-20(24)3)25(29)27-11-9-26(10-12-27)18-28(16-23(33-26)17-30-4)22-7-13-31-14-8-22/h5-6,15,19,22-23H,7-14,16-18H2,1-4H3. The maximum absolute atomic E-state index is 13.2. The van der Waals surface area contributed by atoms with Crippen LogP contribution in [0.5, 0.6) is 5.75 Å². The minimum atomic E-state index is -0.207. The zero-order valence-corrected chi connectivity index (χ0v) is 20.7. The molecule has 7 nitrogen and oxygen atoms in total. The van der Waals surface area contributed by atoms with Crippen molar-refractivity contribution in [2.45, 2.75) is 70.3 Å². The molecular weight excluding hydrogens is 420 g/mol. The van der Waals surface area contributed by atoms with Crippen LogP contribution in [0.2, 0.25) is 0 Å².